The number of carbonyl (C=O) groups excluding carboxylic acids is 1. The van der Waals surface area contributed by atoms with Gasteiger partial charge in [-0.05, 0) is 48.7 Å². The zero-order chi connectivity index (χ0) is 18.4. The van der Waals surface area contributed by atoms with Gasteiger partial charge in [0.1, 0.15) is 5.82 Å². The molecule has 0 aromatic heterocycles. The number of aliphatic carboxylic acids is 1. The fraction of sp³-hybridized carbons (Fsp3) is 0.200. The third-order valence-electron chi connectivity index (χ3n) is 3.78. The molecule has 0 saturated heterocycles. The van der Waals surface area contributed by atoms with Gasteiger partial charge in [-0.15, -0.1) is 0 Å². The van der Waals surface area contributed by atoms with Crippen molar-refractivity contribution in [3.05, 3.63) is 65.5 Å². The molecule has 0 aliphatic carbocycles. The lowest BCUT2D eigenvalue weighted by atomic mass is 9.91. The van der Waals surface area contributed by atoms with E-state index in [4.69, 9.17) is 4.74 Å². The van der Waals surface area contributed by atoms with E-state index in [-0.39, 0.29) is 6.61 Å². The second-order valence-corrected chi connectivity index (χ2v) is 5.47. The van der Waals surface area contributed by atoms with Crippen LogP contribution in [-0.2, 0) is 14.3 Å². The number of benzene rings is 2. The lowest BCUT2D eigenvalue weighted by molar-refractivity contribution is -0.138. The molecule has 2 aromatic rings. The fourth-order valence-corrected chi connectivity index (χ4v) is 2.44. The first-order chi connectivity index (χ1) is 11.9. The number of halogens is 1. The van der Waals surface area contributed by atoms with Crippen LogP contribution in [0.5, 0.6) is 0 Å². The maximum Gasteiger partial charge on any atom is 0.330 e. The topological polar surface area (TPSA) is 63.6 Å². The monoisotopic (exact) mass is 342 g/mol. The molecule has 0 aliphatic rings. The van der Waals surface area contributed by atoms with Crippen molar-refractivity contribution in [2.24, 2.45) is 0 Å². The number of rotatable bonds is 6. The maximum absolute atomic E-state index is 14.6. The second-order valence-electron chi connectivity index (χ2n) is 5.47. The van der Waals surface area contributed by atoms with E-state index >= 15 is 0 Å². The zero-order valence-electron chi connectivity index (χ0n) is 14.0. The van der Waals surface area contributed by atoms with Crippen LogP contribution in [0.1, 0.15) is 30.9 Å². The minimum absolute atomic E-state index is 0.236. The number of hydrogen-bond donors (Lipinski definition) is 1. The summed E-state index contributed by atoms with van der Waals surface area (Å²) >= 11 is 0. The Kier molecular flexibility index (Phi) is 6.06. The minimum atomic E-state index is -1.07. The lowest BCUT2D eigenvalue weighted by Gasteiger charge is -2.14. The van der Waals surface area contributed by atoms with E-state index in [1.807, 2.05) is 6.07 Å². The van der Waals surface area contributed by atoms with E-state index in [2.05, 4.69) is 0 Å². The first kappa shape index (κ1) is 18.4. The summed E-state index contributed by atoms with van der Waals surface area (Å²) < 4.78 is 19.4. The van der Waals surface area contributed by atoms with Crippen molar-refractivity contribution in [1.82, 2.24) is 0 Å². The standard InChI is InChI=1S/C20H19FO4/c1-3-25-19(22)10-9-15-11-17(14-7-5-4-6-8-14)18(21)12-16(15)13(2)20(23)24/h4-13H,3H2,1-2H3,(H,23,24)/b10-9+. The molecule has 0 aliphatic heterocycles. The highest BCUT2D eigenvalue weighted by molar-refractivity contribution is 5.88. The Morgan fingerprint density at radius 2 is 1.92 bits per heavy atom. The van der Waals surface area contributed by atoms with E-state index in [9.17, 15) is 19.1 Å². The summed E-state index contributed by atoms with van der Waals surface area (Å²) in [6.45, 7) is 3.40. The highest BCUT2D eigenvalue weighted by atomic mass is 19.1. The number of carboxylic acids is 1. The lowest BCUT2D eigenvalue weighted by Crippen LogP contribution is -2.10. The molecule has 1 N–H and O–H groups in total. The normalized spacial score (nSPS) is 12.1. The van der Waals surface area contributed by atoms with Gasteiger partial charge in [-0.1, -0.05) is 30.3 Å². The summed E-state index contributed by atoms with van der Waals surface area (Å²) in [5.41, 5.74) is 1.76. The largest absolute Gasteiger partial charge is 0.481 e. The van der Waals surface area contributed by atoms with Crippen molar-refractivity contribution < 1.29 is 23.8 Å². The summed E-state index contributed by atoms with van der Waals surface area (Å²) in [4.78, 5) is 22.9. The molecule has 5 heteroatoms. The predicted molar refractivity (Wildman–Crippen MR) is 93.6 cm³/mol. The van der Waals surface area contributed by atoms with Gasteiger partial charge in [0, 0.05) is 11.6 Å². The van der Waals surface area contributed by atoms with Crippen LogP contribution in [0.3, 0.4) is 0 Å². The van der Waals surface area contributed by atoms with Crippen LogP contribution < -0.4 is 0 Å². The predicted octanol–water partition coefficient (Wildman–Crippen LogP) is 4.26. The molecular formula is C20H19FO4. The molecular weight excluding hydrogens is 323 g/mol. The van der Waals surface area contributed by atoms with Crippen LogP contribution in [0, 0.1) is 5.82 Å². The third kappa shape index (κ3) is 4.53. The number of carbonyl (C=O) groups is 2. The molecule has 0 saturated carbocycles. The third-order valence-corrected chi connectivity index (χ3v) is 3.78. The van der Waals surface area contributed by atoms with E-state index in [1.165, 1.54) is 25.1 Å². The van der Waals surface area contributed by atoms with Gasteiger partial charge >= 0.3 is 11.9 Å². The highest BCUT2D eigenvalue weighted by Gasteiger charge is 2.20. The van der Waals surface area contributed by atoms with E-state index < -0.39 is 23.7 Å². The number of ether oxygens (including phenoxy) is 1. The van der Waals surface area contributed by atoms with Gasteiger partial charge in [0.05, 0.1) is 12.5 Å². The average molecular weight is 342 g/mol. The summed E-state index contributed by atoms with van der Waals surface area (Å²) in [5, 5.41) is 9.26. The number of esters is 1. The molecule has 1 unspecified atom stereocenters. The number of hydrogen-bond acceptors (Lipinski definition) is 3. The molecule has 0 spiro atoms. The molecule has 130 valence electrons. The average Bonchev–Trinajstić information content (AvgIpc) is 2.60. The van der Waals surface area contributed by atoms with Crippen molar-refractivity contribution >= 4 is 18.0 Å². The quantitative estimate of drug-likeness (QED) is 0.629. The maximum atomic E-state index is 14.6. The molecule has 0 heterocycles. The molecule has 25 heavy (non-hydrogen) atoms. The fourth-order valence-electron chi connectivity index (χ4n) is 2.44. The summed E-state index contributed by atoms with van der Waals surface area (Å²) in [7, 11) is 0. The van der Waals surface area contributed by atoms with Crippen molar-refractivity contribution in [1.29, 1.82) is 0 Å². The highest BCUT2D eigenvalue weighted by Crippen LogP contribution is 2.30. The SMILES string of the molecule is CCOC(=O)/C=C/c1cc(-c2ccccc2)c(F)cc1C(C)C(=O)O. The molecule has 0 amide bonds. The Morgan fingerprint density at radius 3 is 2.52 bits per heavy atom. The molecule has 0 fully saturated rings. The van der Waals surface area contributed by atoms with Crippen LogP contribution in [-0.4, -0.2) is 23.7 Å². The Labute approximate surface area is 145 Å². The van der Waals surface area contributed by atoms with Gasteiger partial charge in [-0.25, -0.2) is 9.18 Å². The second kappa shape index (κ2) is 8.24. The van der Waals surface area contributed by atoms with Crippen LogP contribution in [0.4, 0.5) is 4.39 Å². The van der Waals surface area contributed by atoms with Crippen LogP contribution >= 0.6 is 0 Å². The molecule has 2 rings (SSSR count). The van der Waals surface area contributed by atoms with Gasteiger partial charge in [-0.3, -0.25) is 4.79 Å². The Morgan fingerprint density at radius 1 is 1.24 bits per heavy atom. The van der Waals surface area contributed by atoms with Crippen LogP contribution in [0.15, 0.2) is 48.5 Å². The van der Waals surface area contributed by atoms with Gasteiger partial charge in [-0.2, -0.15) is 0 Å². The van der Waals surface area contributed by atoms with Crippen molar-refractivity contribution in [3.8, 4) is 11.1 Å². The first-order valence-electron chi connectivity index (χ1n) is 7.90. The molecule has 1 atom stereocenters. The Hall–Kier alpha value is -2.95. The van der Waals surface area contributed by atoms with Crippen molar-refractivity contribution in [3.63, 3.8) is 0 Å². The van der Waals surface area contributed by atoms with E-state index in [1.54, 1.807) is 37.3 Å². The Balaban J connectivity index is 2.55. The molecule has 0 bridgehead atoms. The summed E-state index contributed by atoms with van der Waals surface area (Å²) in [5.74, 6) is -3.04. The first-order valence-corrected chi connectivity index (χ1v) is 7.90. The van der Waals surface area contributed by atoms with Crippen molar-refractivity contribution in [2.75, 3.05) is 6.61 Å². The van der Waals surface area contributed by atoms with E-state index in [0.717, 1.165) is 0 Å². The number of carboxylic acid groups (broad SMARTS) is 1. The van der Waals surface area contributed by atoms with E-state index in [0.29, 0.717) is 22.3 Å². The zero-order valence-corrected chi connectivity index (χ0v) is 14.0. The molecule has 0 radical (unpaired) electrons. The van der Waals surface area contributed by atoms with Crippen LogP contribution in [0.2, 0.25) is 0 Å². The minimum Gasteiger partial charge on any atom is -0.481 e. The van der Waals surface area contributed by atoms with Crippen molar-refractivity contribution in [2.45, 2.75) is 19.8 Å². The Bertz CT molecular complexity index is 797. The van der Waals surface area contributed by atoms with Gasteiger partial charge in [0.2, 0.25) is 0 Å². The summed E-state index contributed by atoms with van der Waals surface area (Å²) in [6, 6.07) is 11.7. The van der Waals surface area contributed by atoms with Gasteiger partial charge < -0.3 is 9.84 Å². The van der Waals surface area contributed by atoms with Crippen LogP contribution in [0.25, 0.3) is 17.2 Å². The smallest absolute Gasteiger partial charge is 0.330 e. The molecule has 4 nitrogen and oxygen atoms in total. The van der Waals surface area contributed by atoms with Gasteiger partial charge in [0.25, 0.3) is 0 Å². The van der Waals surface area contributed by atoms with Gasteiger partial charge in [0.15, 0.2) is 0 Å². The summed E-state index contributed by atoms with van der Waals surface area (Å²) in [6.07, 6.45) is 2.67. The molecule has 2 aromatic carbocycles.